The lowest BCUT2D eigenvalue weighted by atomic mass is 10.0. The van der Waals surface area contributed by atoms with E-state index in [1.165, 1.54) is 0 Å². The van der Waals surface area contributed by atoms with Crippen molar-refractivity contribution in [1.29, 1.82) is 0 Å². The van der Waals surface area contributed by atoms with Crippen molar-refractivity contribution >= 4 is 24.1 Å². The Bertz CT molecular complexity index is 509. The summed E-state index contributed by atoms with van der Waals surface area (Å²) < 4.78 is 0. The molecule has 0 unspecified atom stereocenters. The van der Waals surface area contributed by atoms with Crippen LogP contribution in [0.2, 0.25) is 0 Å². The summed E-state index contributed by atoms with van der Waals surface area (Å²) in [7, 11) is 0. The topological polar surface area (TPSA) is 84.1 Å². The molecule has 0 aliphatic carbocycles. The first-order valence-electron chi connectivity index (χ1n) is 8.00. The van der Waals surface area contributed by atoms with E-state index in [2.05, 4.69) is 20.2 Å². The van der Waals surface area contributed by atoms with Crippen LogP contribution in [-0.2, 0) is 4.79 Å². The van der Waals surface area contributed by atoms with Crippen LogP contribution in [-0.4, -0.2) is 41.0 Å². The van der Waals surface area contributed by atoms with Crippen LogP contribution in [0.4, 0.5) is 5.82 Å². The minimum atomic E-state index is -0.426. The molecule has 1 aromatic heterocycles. The van der Waals surface area contributed by atoms with Crippen LogP contribution in [0.15, 0.2) is 6.07 Å². The van der Waals surface area contributed by atoms with Gasteiger partial charge in [0.2, 0.25) is 5.91 Å². The van der Waals surface area contributed by atoms with Gasteiger partial charge in [-0.15, -0.1) is 12.4 Å². The zero-order valence-corrected chi connectivity index (χ0v) is 15.2. The third-order valence-electron chi connectivity index (χ3n) is 4.14. The molecule has 130 valence electrons. The van der Waals surface area contributed by atoms with Crippen LogP contribution in [0.3, 0.4) is 0 Å². The number of halogens is 1. The van der Waals surface area contributed by atoms with Crippen LogP contribution in [0.5, 0.6) is 0 Å². The molecule has 6 nitrogen and oxygen atoms in total. The van der Waals surface area contributed by atoms with Gasteiger partial charge in [-0.3, -0.25) is 4.79 Å². The molecule has 3 N–H and O–H groups in total. The number of nitrogens with one attached hydrogen (secondary N) is 1. The number of nitrogens with two attached hydrogens (primary N) is 1. The van der Waals surface area contributed by atoms with Crippen molar-refractivity contribution in [2.75, 3.05) is 18.0 Å². The molecule has 1 fully saturated rings. The lowest BCUT2D eigenvalue weighted by Gasteiger charge is -2.34. The van der Waals surface area contributed by atoms with Gasteiger partial charge < -0.3 is 16.0 Å². The lowest BCUT2D eigenvalue weighted by Crippen LogP contribution is -2.51. The number of amides is 1. The van der Waals surface area contributed by atoms with Crippen LogP contribution >= 0.6 is 12.4 Å². The Balaban J connectivity index is 0.00000264. The van der Waals surface area contributed by atoms with E-state index in [4.69, 9.17) is 5.73 Å². The Morgan fingerprint density at radius 3 is 2.43 bits per heavy atom. The van der Waals surface area contributed by atoms with Crippen LogP contribution < -0.4 is 16.0 Å². The highest BCUT2D eigenvalue weighted by atomic mass is 35.5. The van der Waals surface area contributed by atoms with Gasteiger partial charge in [0.05, 0.1) is 6.04 Å². The van der Waals surface area contributed by atoms with E-state index < -0.39 is 6.04 Å². The number of carbonyl (C=O) groups excluding carboxylic acids is 1. The highest BCUT2D eigenvalue weighted by molar-refractivity contribution is 5.85. The fraction of sp³-hybridized carbons (Fsp3) is 0.688. The number of hydrogen-bond acceptors (Lipinski definition) is 5. The van der Waals surface area contributed by atoms with Gasteiger partial charge in [-0.05, 0) is 32.6 Å². The minimum absolute atomic E-state index is 0. The van der Waals surface area contributed by atoms with Gasteiger partial charge in [0, 0.05) is 30.9 Å². The molecule has 2 heterocycles. The molecular formula is C16H28ClN5O. The first-order valence-corrected chi connectivity index (χ1v) is 8.00. The minimum Gasteiger partial charge on any atom is -0.356 e. The normalized spacial score (nSPS) is 16.9. The summed E-state index contributed by atoms with van der Waals surface area (Å²) >= 11 is 0. The van der Waals surface area contributed by atoms with Crippen molar-refractivity contribution < 1.29 is 4.79 Å². The standard InChI is InChI=1S/C16H27N5O.ClH/c1-10(2)15(17)16(22)20-13-5-7-21(8-6-13)14-9-11(3)18-12(4)19-14;/h9-10,13,15H,5-8,17H2,1-4H3,(H,20,22);1H/t15-;/m0./s1. The Morgan fingerprint density at radius 1 is 1.30 bits per heavy atom. The van der Waals surface area contributed by atoms with E-state index >= 15 is 0 Å². The summed E-state index contributed by atoms with van der Waals surface area (Å²) in [6, 6.07) is 1.79. The molecular weight excluding hydrogens is 314 g/mol. The van der Waals surface area contributed by atoms with Crippen LogP contribution in [0, 0.1) is 19.8 Å². The van der Waals surface area contributed by atoms with Gasteiger partial charge in [0.15, 0.2) is 0 Å². The second kappa shape index (κ2) is 8.45. The number of anilines is 1. The molecule has 1 aliphatic rings. The summed E-state index contributed by atoms with van der Waals surface area (Å²) in [5, 5.41) is 3.07. The van der Waals surface area contributed by atoms with Crippen molar-refractivity contribution in [3.63, 3.8) is 0 Å². The first kappa shape index (κ1) is 19.6. The number of aryl methyl sites for hydroxylation is 2. The molecule has 1 aliphatic heterocycles. The van der Waals surface area contributed by atoms with Gasteiger partial charge in [-0.25, -0.2) is 9.97 Å². The molecule has 2 rings (SSSR count). The first-order chi connectivity index (χ1) is 10.4. The van der Waals surface area contributed by atoms with Gasteiger partial charge in [0.25, 0.3) is 0 Å². The fourth-order valence-corrected chi connectivity index (χ4v) is 2.71. The molecule has 0 bridgehead atoms. The molecule has 7 heteroatoms. The number of carbonyl (C=O) groups is 1. The van der Waals surface area contributed by atoms with E-state index in [0.717, 1.165) is 43.3 Å². The molecule has 0 saturated carbocycles. The highest BCUT2D eigenvalue weighted by Gasteiger charge is 2.25. The number of hydrogen-bond donors (Lipinski definition) is 2. The fourth-order valence-electron chi connectivity index (χ4n) is 2.71. The van der Waals surface area contributed by atoms with Gasteiger partial charge in [0.1, 0.15) is 11.6 Å². The third kappa shape index (κ3) is 5.32. The molecule has 1 atom stereocenters. The molecule has 1 saturated heterocycles. The Kier molecular flexibility index (Phi) is 7.22. The second-order valence-corrected chi connectivity index (χ2v) is 6.45. The summed E-state index contributed by atoms with van der Waals surface area (Å²) in [5.41, 5.74) is 6.88. The van der Waals surface area contributed by atoms with E-state index in [1.54, 1.807) is 0 Å². The van der Waals surface area contributed by atoms with Crippen molar-refractivity contribution in [2.45, 2.75) is 52.6 Å². The molecule has 1 amide bonds. The Morgan fingerprint density at radius 2 is 1.91 bits per heavy atom. The maximum atomic E-state index is 12.0. The lowest BCUT2D eigenvalue weighted by molar-refractivity contribution is -0.124. The number of nitrogens with zero attached hydrogens (tertiary/aromatic N) is 3. The average Bonchev–Trinajstić information content (AvgIpc) is 2.46. The van der Waals surface area contributed by atoms with Crippen molar-refractivity contribution in [1.82, 2.24) is 15.3 Å². The molecule has 1 aromatic rings. The van der Waals surface area contributed by atoms with Crippen molar-refractivity contribution in [3.8, 4) is 0 Å². The Labute approximate surface area is 144 Å². The maximum absolute atomic E-state index is 12.0. The van der Waals surface area contributed by atoms with E-state index in [0.29, 0.717) is 0 Å². The zero-order chi connectivity index (χ0) is 16.3. The van der Waals surface area contributed by atoms with Crippen molar-refractivity contribution in [2.24, 2.45) is 11.7 Å². The summed E-state index contributed by atoms with van der Waals surface area (Å²) in [6.07, 6.45) is 1.83. The van der Waals surface area contributed by atoms with Gasteiger partial charge in [-0.2, -0.15) is 0 Å². The number of piperidine rings is 1. The summed E-state index contributed by atoms with van der Waals surface area (Å²) in [6.45, 7) is 9.60. The molecule has 0 aromatic carbocycles. The predicted octanol–water partition coefficient (Wildman–Crippen LogP) is 1.58. The average molecular weight is 342 g/mol. The van der Waals surface area contributed by atoms with E-state index in [-0.39, 0.29) is 30.3 Å². The highest BCUT2D eigenvalue weighted by Crippen LogP contribution is 2.19. The third-order valence-corrected chi connectivity index (χ3v) is 4.14. The van der Waals surface area contributed by atoms with Crippen molar-refractivity contribution in [3.05, 3.63) is 17.6 Å². The van der Waals surface area contributed by atoms with Crippen LogP contribution in [0.25, 0.3) is 0 Å². The largest absolute Gasteiger partial charge is 0.356 e. The molecule has 0 radical (unpaired) electrons. The summed E-state index contributed by atoms with van der Waals surface area (Å²) in [5.74, 6) is 1.90. The monoisotopic (exact) mass is 341 g/mol. The van der Waals surface area contributed by atoms with Crippen LogP contribution in [0.1, 0.15) is 38.2 Å². The zero-order valence-electron chi connectivity index (χ0n) is 14.4. The maximum Gasteiger partial charge on any atom is 0.237 e. The number of aromatic nitrogens is 2. The second-order valence-electron chi connectivity index (χ2n) is 6.45. The number of rotatable bonds is 4. The molecule has 0 spiro atoms. The summed E-state index contributed by atoms with van der Waals surface area (Å²) in [4.78, 5) is 23.1. The van der Waals surface area contributed by atoms with Gasteiger partial charge >= 0.3 is 0 Å². The Hall–Kier alpha value is -1.40. The SMILES string of the molecule is Cc1cc(N2CCC(NC(=O)[C@@H](N)C(C)C)CC2)nc(C)n1.Cl. The van der Waals surface area contributed by atoms with Gasteiger partial charge in [-0.1, -0.05) is 13.8 Å². The van der Waals surface area contributed by atoms with E-state index in [9.17, 15) is 4.79 Å². The van der Waals surface area contributed by atoms with E-state index in [1.807, 2.05) is 33.8 Å². The predicted molar refractivity (Wildman–Crippen MR) is 94.9 cm³/mol. The molecule has 23 heavy (non-hydrogen) atoms. The smallest absolute Gasteiger partial charge is 0.237 e. The quantitative estimate of drug-likeness (QED) is 0.868.